The average Bonchev–Trinajstić information content (AvgIpc) is 3.66. The van der Waals surface area contributed by atoms with Crippen LogP contribution in [0.2, 0.25) is 0 Å². The van der Waals surface area contributed by atoms with E-state index in [1.54, 1.807) is 0 Å². The molecule has 3 heteroatoms. The summed E-state index contributed by atoms with van der Waals surface area (Å²) in [5, 5.41) is 5.99. The molecule has 0 saturated heterocycles. The van der Waals surface area contributed by atoms with E-state index in [1.165, 1.54) is 49.4 Å². The summed E-state index contributed by atoms with van der Waals surface area (Å²) in [4.78, 5) is 10.6. The van der Waals surface area contributed by atoms with Crippen LogP contribution in [0.15, 0.2) is 158 Å². The lowest BCUT2D eigenvalue weighted by Gasteiger charge is -2.18. The quantitative estimate of drug-likeness (QED) is 0.206. The van der Waals surface area contributed by atoms with Gasteiger partial charge >= 0.3 is 0 Å². The summed E-state index contributed by atoms with van der Waals surface area (Å²) in [6, 6.07) is 56.4. The Balaban J connectivity index is 1.41. The van der Waals surface area contributed by atoms with Crippen molar-refractivity contribution < 1.29 is 0 Å². The molecule has 7 aromatic carbocycles. The second-order valence-corrected chi connectivity index (χ2v) is 12.1. The zero-order valence-corrected chi connectivity index (χ0v) is 24.9. The third-order valence-corrected chi connectivity index (χ3v) is 9.67. The maximum Gasteiger partial charge on any atom is 0.235 e. The predicted molar refractivity (Wildman–Crippen MR) is 190 cm³/mol. The van der Waals surface area contributed by atoms with Crippen molar-refractivity contribution in [2.75, 3.05) is 0 Å². The standard InChI is InChI=1S/C43H27N3/c1-3-15-27(16-4-1)37-29-19-7-8-20-30(29)39-38(37)31-21-9-10-22-32(31)42-40(39)34-24-12-14-26-36(34)46(42)43-44-35-25-13-11-23-33(35)41(45-43)28-17-5-2-6-18-28/h1-26,37H. The Morgan fingerprint density at radius 2 is 1.13 bits per heavy atom. The molecule has 1 aliphatic carbocycles. The van der Waals surface area contributed by atoms with Gasteiger partial charge in [0.05, 0.1) is 22.2 Å². The highest BCUT2D eigenvalue weighted by molar-refractivity contribution is 6.26. The van der Waals surface area contributed by atoms with Gasteiger partial charge in [-0.15, -0.1) is 0 Å². The van der Waals surface area contributed by atoms with Gasteiger partial charge in [0.15, 0.2) is 0 Å². The molecule has 1 atom stereocenters. The van der Waals surface area contributed by atoms with Crippen LogP contribution in [0.1, 0.15) is 22.6 Å². The SMILES string of the molecule is c1ccc(-c2nc(-n3c4ccccc4c4c5c(c6ccccc6c43)C(c3ccccc3)c3ccccc3-5)nc3ccccc23)cc1. The van der Waals surface area contributed by atoms with E-state index in [0.717, 1.165) is 33.2 Å². The number of aromatic nitrogens is 3. The van der Waals surface area contributed by atoms with E-state index in [2.05, 4.69) is 156 Å². The van der Waals surface area contributed by atoms with Gasteiger partial charge in [-0.3, -0.25) is 4.57 Å². The minimum absolute atomic E-state index is 0.144. The lowest BCUT2D eigenvalue weighted by Crippen LogP contribution is -2.04. The maximum atomic E-state index is 5.37. The molecule has 0 bridgehead atoms. The number of hydrogen-bond acceptors (Lipinski definition) is 2. The molecule has 0 amide bonds. The number of rotatable bonds is 3. The fraction of sp³-hybridized carbons (Fsp3) is 0.0233. The van der Waals surface area contributed by atoms with Gasteiger partial charge in [0.2, 0.25) is 5.95 Å². The molecule has 2 heterocycles. The predicted octanol–water partition coefficient (Wildman–Crippen LogP) is 10.7. The fourth-order valence-corrected chi connectivity index (χ4v) is 7.83. The van der Waals surface area contributed by atoms with Gasteiger partial charge in [0.1, 0.15) is 0 Å². The van der Waals surface area contributed by atoms with Gasteiger partial charge < -0.3 is 0 Å². The Bertz CT molecular complexity index is 2630. The average molecular weight is 586 g/mol. The zero-order chi connectivity index (χ0) is 30.2. The second kappa shape index (κ2) is 9.72. The molecule has 1 aliphatic rings. The number of para-hydroxylation sites is 2. The van der Waals surface area contributed by atoms with E-state index in [4.69, 9.17) is 9.97 Å². The van der Waals surface area contributed by atoms with Crippen molar-refractivity contribution in [1.82, 2.24) is 14.5 Å². The Hall–Kier alpha value is -6.06. The number of hydrogen-bond donors (Lipinski definition) is 0. The Kier molecular flexibility index (Phi) is 5.34. The minimum atomic E-state index is 0.144. The lowest BCUT2D eigenvalue weighted by molar-refractivity contribution is 1.01. The van der Waals surface area contributed by atoms with E-state index < -0.39 is 0 Å². The molecule has 0 radical (unpaired) electrons. The second-order valence-electron chi connectivity index (χ2n) is 12.1. The Morgan fingerprint density at radius 1 is 0.500 bits per heavy atom. The van der Waals surface area contributed by atoms with Gasteiger partial charge in [-0.25, -0.2) is 9.97 Å². The fourth-order valence-electron chi connectivity index (χ4n) is 7.83. The first kappa shape index (κ1) is 25.3. The first-order chi connectivity index (χ1) is 22.9. The molecule has 10 rings (SSSR count). The van der Waals surface area contributed by atoms with Crippen LogP contribution in [0, 0.1) is 0 Å². The van der Waals surface area contributed by atoms with Gasteiger partial charge in [-0.05, 0) is 45.3 Å². The largest absolute Gasteiger partial charge is 0.277 e. The lowest BCUT2D eigenvalue weighted by atomic mass is 9.85. The molecular weight excluding hydrogens is 558 g/mol. The van der Waals surface area contributed by atoms with Crippen LogP contribution < -0.4 is 0 Å². The van der Waals surface area contributed by atoms with Crippen LogP contribution in [0.3, 0.4) is 0 Å². The molecule has 0 saturated carbocycles. The highest BCUT2D eigenvalue weighted by atomic mass is 15.2. The Labute approximate surface area is 266 Å². The highest BCUT2D eigenvalue weighted by Crippen LogP contribution is 2.55. The Morgan fingerprint density at radius 3 is 1.96 bits per heavy atom. The van der Waals surface area contributed by atoms with E-state index in [9.17, 15) is 0 Å². The normalized spacial score (nSPS) is 13.9. The maximum absolute atomic E-state index is 5.37. The number of benzene rings is 7. The van der Waals surface area contributed by atoms with E-state index in [-0.39, 0.29) is 5.92 Å². The molecule has 0 spiro atoms. The van der Waals surface area contributed by atoms with E-state index in [1.807, 2.05) is 6.07 Å². The molecule has 9 aromatic rings. The molecule has 46 heavy (non-hydrogen) atoms. The van der Waals surface area contributed by atoms with Crippen LogP contribution >= 0.6 is 0 Å². The smallest absolute Gasteiger partial charge is 0.235 e. The van der Waals surface area contributed by atoms with Crippen molar-refractivity contribution in [2.24, 2.45) is 0 Å². The summed E-state index contributed by atoms with van der Waals surface area (Å²) in [6.45, 7) is 0. The van der Waals surface area contributed by atoms with Crippen molar-refractivity contribution in [1.29, 1.82) is 0 Å². The third kappa shape index (κ3) is 3.48. The van der Waals surface area contributed by atoms with Crippen LogP contribution in [0.5, 0.6) is 0 Å². The van der Waals surface area contributed by atoms with Crippen LogP contribution in [0.4, 0.5) is 0 Å². The molecule has 2 aromatic heterocycles. The molecule has 1 unspecified atom stereocenters. The van der Waals surface area contributed by atoms with Crippen molar-refractivity contribution in [3.05, 3.63) is 174 Å². The molecular formula is C43H27N3. The van der Waals surface area contributed by atoms with Crippen molar-refractivity contribution in [3.8, 4) is 28.3 Å². The molecule has 0 fully saturated rings. The van der Waals surface area contributed by atoms with Gasteiger partial charge in [-0.1, -0.05) is 146 Å². The van der Waals surface area contributed by atoms with Gasteiger partial charge in [-0.2, -0.15) is 0 Å². The third-order valence-electron chi connectivity index (χ3n) is 9.67. The summed E-state index contributed by atoms with van der Waals surface area (Å²) in [5.74, 6) is 0.824. The van der Waals surface area contributed by atoms with Crippen molar-refractivity contribution in [3.63, 3.8) is 0 Å². The summed E-state index contributed by atoms with van der Waals surface area (Å²) >= 11 is 0. The van der Waals surface area contributed by atoms with Gasteiger partial charge in [0, 0.05) is 33.0 Å². The van der Waals surface area contributed by atoms with Crippen molar-refractivity contribution >= 4 is 43.5 Å². The zero-order valence-electron chi connectivity index (χ0n) is 24.9. The first-order valence-corrected chi connectivity index (χ1v) is 15.8. The summed E-state index contributed by atoms with van der Waals surface area (Å²) in [5.41, 5.74) is 11.9. The molecule has 0 aliphatic heterocycles. The van der Waals surface area contributed by atoms with E-state index in [0.29, 0.717) is 5.95 Å². The van der Waals surface area contributed by atoms with Crippen LogP contribution in [-0.4, -0.2) is 14.5 Å². The van der Waals surface area contributed by atoms with Crippen LogP contribution in [-0.2, 0) is 0 Å². The van der Waals surface area contributed by atoms with Crippen molar-refractivity contribution in [2.45, 2.75) is 5.92 Å². The first-order valence-electron chi connectivity index (χ1n) is 15.8. The summed E-state index contributed by atoms with van der Waals surface area (Å²) < 4.78 is 2.31. The summed E-state index contributed by atoms with van der Waals surface area (Å²) in [7, 11) is 0. The molecule has 0 N–H and O–H groups in total. The molecule has 3 nitrogen and oxygen atoms in total. The number of fused-ring (bicyclic) bond motifs is 11. The monoisotopic (exact) mass is 585 g/mol. The van der Waals surface area contributed by atoms with Gasteiger partial charge in [0.25, 0.3) is 0 Å². The topological polar surface area (TPSA) is 30.7 Å². The number of nitrogens with zero attached hydrogens (tertiary/aromatic N) is 3. The van der Waals surface area contributed by atoms with Crippen LogP contribution in [0.25, 0.3) is 71.8 Å². The van der Waals surface area contributed by atoms with E-state index >= 15 is 0 Å². The molecule has 214 valence electrons. The minimum Gasteiger partial charge on any atom is -0.277 e. The highest BCUT2D eigenvalue weighted by Gasteiger charge is 2.35. The summed E-state index contributed by atoms with van der Waals surface area (Å²) in [6.07, 6.45) is 0.